The highest BCUT2D eigenvalue weighted by Crippen LogP contribution is 2.32. The van der Waals surface area contributed by atoms with E-state index in [-0.39, 0.29) is 23.0 Å². The summed E-state index contributed by atoms with van der Waals surface area (Å²) < 4.78 is 8.18. The second kappa shape index (κ2) is 6.01. The molecule has 1 saturated heterocycles. The number of rotatable bonds is 4. The standard InChI is InChI=1S/C14H24N4O3/c1-5-14(6-2)9-10(7-8-21-14)15-11-12(19)17(3)13(20)18(4)16-11/h10H,5-9H2,1-4H3,(H,15,16). The number of nitrogens with one attached hydrogen (secondary N) is 1. The molecule has 21 heavy (non-hydrogen) atoms. The average Bonchev–Trinajstić information content (AvgIpc) is 2.50. The number of anilines is 1. The molecule has 0 aromatic carbocycles. The number of hydrogen-bond donors (Lipinski definition) is 1. The monoisotopic (exact) mass is 296 g/mol. The van der Waals surface area contributed by atoms with Crippen molar-refractivity contribution in [2.24, 2.45) is 14.1 Å². The van der Waals surface area contributed by atoms with E-state index in [0.29, 0.717) is 6.61 Å². The van der Waals surface area contributed by atoms with Gasteiger partial charge in [-0.25, -0.2) is 9.48 Å². The third kappa shape index (κ3) is 3.02. The van der Waals surface area contributed by atoms with Crippen molar-refractivity contribution in [1.29, 1.82) is 0 Å². The van der Waals surface area contributed by atoms with Gasteiger partial charge in [-0.3, -0.25) is 9.36 Å². The van der Waals surface area contributed by atoms with E-state index < -0.39 is 5.69 Å². The van der Waals surface area contributed by atoms with E-state index in [1.807, 2.05) is 0 Å². The van der Waals surface area contributed by atoms with Crippen LogP contribution in [0.4, 0.5) is 5.82 Å². The second-order valence-electron chi connectivity index (χ2n) is 5.69. The van der Waals surface area contributed by atoms with Crippen LogP contribution in [0.25, 0.3) is 0 Å². The van der Waals surface area contributed by atoms with Crippen molar-refractivity contribution in [3.63, 3.8) is 0 Å². The Bertz CT molecular complexity index is 616. The fourth-order valence-corrected chi connectivity index (χ4v) is 2.88. The van der Waals surface area contributed by atoms with Gasteiger partial charge in [-0.1, -0.05) is 13.8 Å². The molecule has 2 rings (SSSR count). The van der Waals surface area contributed by atoms with Crippen LogP contribution in [0.3, 0.4) is 0 Å². The molecular weight excluding hydrogens is 272 g/mol. The van der Waals surface area contributed by atoms with Crippen molar-refractivity contribution in [1.82, 2.24) is 14.3 Å². The van der Waals surface area contributed by atoms with Crippen LogP contribution in [0.2, 0.25) is 0 Å². The molecule has 0 saturated carbocycles. The van der Waals surface area contributed by atoms with Gasteiger partial charge in [0.2, 0.25) is 5.82 Å². The van der Waals surface area contributed by atoms with Gasteiger partial charge in [0.15, 0.2) is 0 Å². The van der Waals surface area contributed by atoms with Crippen molar-refractivity contribution < 1.29 is 4.74 Å². The van der Waals surface area contributed by atoms with Crippen LogP contribution in [0.5, 0.6) is 0 Å². The number of nitrogens with zero attached hydrogens (tertiary/aromatic N) is 3. The molecule has 1 aromatic heterocycles. The summed E-state index contributed by atoms with van der Waals surface area (Å²) in [7, 11) is 3.00. The lowest BCUT2D eigenvalue weighted by Gasteiger charge is -2.40. The van der Waals surface area contributed by atoms with Gasteiger partial charge in [0.05, 0.1) is 5.60 Å². The molecule has 7 nitrogen and oxygen atoms in total. The first kappa shape index (κ1) is 15.8. The van der Waals surface area contributed by atoms with Crippen molar-refractivity contribution in [3.05, 3.63) is 20.8 Å². The Balaban J connectivity index is 2.23. The highest BCUT2D eigenvalue weighted by molar-refractivity contribution is 5.31. The largest absolute Gasteiger partial charge is 0.375 e. The van der Waals surface area contributed by atoms with Gasteiger partial charge >= 0.3 is 5.69 Å². The predicted octanol–water partition coefficient (Wildman–Crippen LogP) is 0.629. The third-order valence-electron chi connectivity index (χ3n) is 4.44. The van der Waals surface area contributed by atoms with E-state index in [2.05, 4.69) is 24.3 Å². The normalized spacial score (nSPS) is 21.2. The van der Waals surface area contributed by atoms with Gasteiger partial charge in [0.25, 0.3) is 5.56 Å². The van der Waals surface area contributed by atoms with E-state index in [9.17, 15) is 9.59 Å². The Morgan fingerprint density at radius 2 is 2.00 bits per heavy atom. The SMILES string of the molecule is CCC1(CC)CC(Nc2nn(C)c(=O)n(C)c2=O)CCO1. The van der Waals surface area contributed by atoms with Crippen LogP contribution >= 0.6 is 0 Å². The number of ether oxygens (including phenoxy) is 1. The van der Waals surface area contributed by atoms with Crippen LogP contribution in [0, 0.1) is 0 Å². The van der Waals surface area contributed by atoms with Crippen molar-refractivity contribution in [2.45, 2.75) is 51.2 Å². The summed E-state index contributed by atoms with van der Waals surface area (Å²) >= 11 is 0. The number of hydrogen-bond acceptors (Lipinski definition) is 5. The van der Waals surface area contributed by atoms with E-state index in [1.54, 1.807) is 7.05 Å². The number of aromatic nitrogens is 3. The molecule has 1 fully saturated rings. The Morgan fingerprint density at radius 3 is 2.62 bits per heavy atom. The lowest BCUT2D eigenvalue weighted by molar-refractivity contribution is -0.0865. The van der Waals surface area contributed by atoms with Crippen molar-refractivity contribution in [3.8, 4) is 0 Å². The van der Waals surface area contributed by atoms with E-state index in [0.717, 1.165) is 30.3 Å². The zero-order valence-electron chi connectivity index (χ0n) is 13.2. The minimum absolute atomic E-state index is 0.123. The highest BCUT2D eigenvalue weighted by Gasteiger charge is 2.34. The van der Waals surface area contributed by atoms with Gasteiger partial charge in [-0.05, 0) is 25.7 Å². The maximum Gasteiger partial charge on any atom is 0.346 e. The molecule has 118 valence electrons. The Labute approximate surface area is 123 Å². The topological polar surface area (TPSA) is 78.2 Å². The molecule has 1 aromatic rings. The van der Waals surface area contributed by atoms with Crippen LogP contribution in [0.15, 0.2) is 9.59 Å². The quantitative estimate of drug-likeness (QED) is 0.881. The summed E-state index contributed by atoms with van der Waals surface area (Å²) in [5, 5.41) is 7.24. The molecule has 0 amide bonds. The van der Waals surface area contributed by atoms with Crippen LogP contribution in [-0.4, -0.2) is 32.6 Å². The summed E-state index contributed by atoms with van der Waals surface area (Å²) in [6, 6.07) is 0.136. The van der Waals surface area contributed by atoms with Crippen molar-refractivity contribution in [2.75, 3.05) is 11.9 Å². The Kier molecular flexibility index (Phi) is 4.51. The summed E-state index contributed by atoms with van der Waals surface area (Å²) in [5.41, 5.74) is -0.931. The minimum Gasteiger partial charge on any atom is -0.375 e. The minimum atomic E-state index is -0.422. The van der Waals surface area contributed by atoms with Gasteiger partial charge in [-0.2, -0.15) is 0 Å². The molecule has 1 aliphatic heterocycles. The molecule has 1 aliphatic rings. The van der Waals surface area contributed by atoms with Gasteiger partial charge < -0.3 is 10.1 Å². The third-order valence-corrected chi connectivity index (χ3v) is 4.44. The summed E-state index contributed by atoms with van der Waals surface area (Å²) in [4.78, 5) is 23.8. The molecule has 0 bridgehead atoms. The fourth-order valence-electron chi connectivity index (χ4n) is 2.88. The molecule has 2 heterocycles. The Hall–Kier alpha value is -1.63. The van der Waals surface area contributed by atoms with Crippen LogP contribution in [-0.2, 0) is 18.8 Å². The molecule has 7 heteroatoms. The van der Waals surface area contributed by atoms with Gasteiger partial charge in [-0.15, -0.1) is 5.10 Å². The molecule has 1 N–H and O–H groups in total. The summed E-state index contributed by atoms with van der Waals surface area (Å²) in [6.45, 7) is 4.91. The van der Waals surface area contributed by atoms with E-state index in [1.165, 1.54) is 11.7 Å². The van der Waals surface area contributed by atoms with Gasteiger partial charge in [0.1, 0.15) is 0 Å². The zero-order valence-corrected chi connectivity index (χ0v) is 13.2. The molecule has 0 aliphatic carbocycles. The van der Waals surface area contributed by atoms with Crippen LogP contribution in [0.1, 0.15) is 39.5 Å². The second-order valence-corrected chi connectivity index (χ2v) is 5.69. The van der Waals surface area contributed by atoms with E-state index in [4.69, 9.17) is 4.74 Å². The molecule has 1 unspecified atom stereocenters. The number of aryl methyl sites for hydroxylation is 1. The lowest BCUT2D eigenvalue weighted by Crippen LogP contribution is -2.46. The molecule has 1 atom stereocenters. The molecule has 0 spiro atoms. The molecule has 0 radical (unpaired) electrons. The Morgan fingerprint density at radius 1 is 1.33 bits per heavy atom. The first-order valence-corrected chi connectivity index (χ1v) is 7.47. The molecular formula is C14H24N4O3. The average molecular weight is 296 g/mol. The fraction of sp³-hybridized carbons (Fsp3) is 0.786. The maximum absolute atomic E-state index is 12.1. The predicted molar refractivity (Wildman–Crippen MR) is 80.6 cm³/mol. The lowest BCUT2D eigenvalue weighted by atomic mass is 9.86. The smallest absolute Gasteiger partial charge is 0.346 e. The summed E-state index contributed by atoms with van der Waals surface area (Å²) in [6.07, 6.45) is 3.56. The van der Waals surface area contributed by atoms with Gasteiger partial charge in [0, 0.05) is 26.7 Å². The summed E-state index contributed by atoms with van der Waals surface area (Å²) in [5.74, 6) is 0.229. The highest BCUT2D eigenvalue weighted by atomic mass is 16.5. The zero-order chi connectivity index (χ0) is 15.6. The van der Waals surface area contributed by atoms with E-state index >= 15 is 0 Å². The van der Waals surface area contributed by atoms with Crippen LogP contribution < -0.4 is 16.6 Å². The first-order chi connectivity index (χ1) is 9.92. The van der Waals surface area contributed by atoms with Crippen molar-refractivity contribution >= 4 is 5.82 Å². The first-order valence-electron chi connectivity index (χ1n) is 7.47. The maximum atomic E-state index is 12.1.